The van der Waals surface area contributed by atoms with Gasteiger partial charge in [-0.1, -0.05) is 0 Å². The maximum absolute atomic E-state index is 8.66. The van der Waals surface area contributed by atoms with Gasteiger partial charge in [-0.05, 0) is 0 Å². The molecule has 0 spiro atoms. The number of phosphoric acid groups is 3. The molecule has 0 aliphatic carbocycles. The molecule has 0 atom stereocenters. The van der Waals surface area contributed by atoms with E-state index in [1.165, 1.54) is 0 Å². The van der Waals surface area contributed by atoms with Crippen LogP contribution in [0.15, 0.2) is 0 Å². The molecule has 0 bridgehead atoms. The Morgan fingerprint density at radius 2 is 0.667 bits per heavy atom. The fourth-order valence-corrected chi connectivity index (χ4v) is 0. The normalized spacial score (nSPS) is 9.83. The van der Waals surface area contributed by atoms with Gasteiger partial charge in [-0.15, -0.1) is 0 Å². The molecule has 0 unspecified atom stereocenters. The molecule has 0 saturated heterocycles. The van der Waals surface area contributed by atoms with Crippen LogP contribution in [0.2, 0.25) is 0 Å². The van der Waals surface area contributed by atoms with E-state index in [0.29, 0.717) is 0 Å². The second kappa shape index (κ2) is 15.6. The van der Waals surface area contributed by atoms with Crippen LogP contribution in [0.3, 0.4) is 0 Å². The van der Waals surface area contributed by atoms with Crippen molar-refractivity contribution >= 4 is 23.5 Å². The first kappa shape index (κ1) is 36.9. The zero-order chi connectivity index (χ0) is 13.5. The van der Waals surface area contributed by atoms with Gasteiger partial charge in [0.05, 0.1) is 7.82 Å². The van der Waals surface area contributed by atoms with Crippen LogP contribution in [0.4, 0.5) is 0 Å². The van der Waals surface area contributed by atoms with Crippen LogP contribution in [-0.2, 0) is 73.2 Å². The summed E-state index contributed by atoms with van der Waals surface area (Å²) in [4.78, 5) is 75.6. The Bertz CT molecular complexity index is 213. The van der Waals surface area contributed by atoms with Crippen LogP contribution in [0, 0.1) is 0 Å². The van der Waals surface area contributed by atoms with E-state index in [2.05, 4.69) is 0 Å². The summed E-state index contributed by atoms with van der Waals surface area (Å²) in [6.07, 6.45) is 0. The molecule has 12 nitrogen and oxygen atoms in total. The molecule has 111 valence electrons. The van der Waals surface area contributed by atoms with Crippen LogP contribution in [-0.4, -0.2) is 4.89 Å². The predicted octanol–water partition coefficient (Wildman–Crippen LogP) is -7.85. The zero-order valence-electron chi connectivity index (χ0n) is 7.43. The molecule has 0 aromatic carbocycles. The van der Waals surface area contributed by atoms with Crippen molar-refractivity contribution in [3.63, 3.8) is 0 Å². The van der Waals surface area contributed by atoms with E-state index in [-0.39, 0.29) is 59.5 Å². The van der Waals surface area contributed by atoms with E-state index >= 15 is 0 Å². The Kier molecular flexibility index (Phi) is 32.0. The van der Waals surface area contributed by atoms with E-state index in [1.54, 1.807) is 0 Å². The second-order valence-corrected chi connectivity index (χ2v) is 4.09. The molecule has 0 aliphatic rings. The van der Waals surface area contributed by atoms with Crippen LogP contribution in [0.25, 0.3) is 0 Å². The zero-order valence-corrected chi connectivity index (χ0v) is 14.6. The molecular formula is HCoNiO12P3Zr. The molecule has 0 fully saturated rings. The molecule has 0 aliphatic heterocycles. The summed E-state index contributed by atoms with van der Waals surface area (Å²) in [6.45, 7) is 0. The Balaban J connectivity index is -0.0000000277. The van der Waals surface area contributed by atoms with Gasteiger partial charge in [0, 0.05) is 0 Å². The van der Waals surface area contributed by atoms with Gasteiger partial charge in [-0.25, -0.2) is 0 Å². The monoisotopic (exact) mass is 493 g/mol. The van der Waals surface area contributed by atoms with Crippen LogP contribution >= 0.6 is 23.5 Å². The largest absolute Gasteiger partial charge is 4.00 e. The van der Waals surface area contributed by atoms with Crippen molar-refractivity contribution < 1.29 is 117 Å². The number of hydrogen-bond acceptors (Lipinski definition) is 11. The van der Waals surface area contributed by atoms with Gasteiger partial charge in [-0.3, -0.25) is 0 Å². The van der Waals surface area contributed by atoms with E-state index in [4.69, 9.17) is 57.7 Å². The fourth-order valence-electron chi connectivity index (χ4n) is 0. The second-order valence-electron chi connectivity index (χ2n) is 1.36. The van der Waals surface area contributed by atoms with Crippen molar-refractivity contribution in [2.24, 2.45) is 0 Å². The van der Waals surface area contributed by atoms with Gasteiger partial charge < -0.3 is 57.7 Å². The predicted molar refractivity (Wildman–Crippen MR) is 25.0 cm³/mol. The molecule has 18 heavy (non-hydrogen) atoms. The molecule has 0 rings (SSSR count). The molecule has 0 aromatic rings. The van der Waals surface area contributed by atoms with Crippen molar-refractivity contribution in [1.29, 1.82) is 0 Å². The summed E-state index contributed by atoms with van der Waals surface area (Å²) in [5.74, 6) is 0. The molecule has 0 aromatic heterocycles. The van der Waals surface area contributed by atoms with Gasteiger partial charge >= 0.3 is 59.5 Å². The Labute approximate surface area is 140 Å². The molecule has 0 amide bonds. The Hall–Kier alpha value is 2.21. The van der Waals surface area contributed by atoms with Crippen molar-refractivity contribution in [3.8, 4) is 0 Å². The van der Waals surface area contributed by atoms with Crippen LogP contribution in [0.5, 0.6) is 0 Å². The van der Waals surface area contributed by atoms with Crippen LogP contribution in [0.1, 0.15) is 0 Å². The maximum atomic E-state index is 8.66. The molecule has 0 saturated carbocycles. The molecule has 1 N–H and O–H groups in total. The van der Waals surface area contributed by atoms with Gasteiger partial charge in [0.25, 0.3) is 0 Å². The summed E-state index contributed by atoms with van der Waals surface area (Å²) in [7, 11) is -15.9. The molecule has 1 radical (unpaired) electrons. The first-order valence-electron chi connectivity index (χ1n) is 2.21. The fraction of sp³-hybridized carbons (Fsp3) is 0. The Morgan fingerprint density at radius 3 is 0.667 bits per heavy atom. The third-order valence-corrected chi connectivity index (χ3v) is 0. The maximum Gasteiger partial charge on any atom is 4.00 e. The quantitative estimate of drug-likeness (QED) is 0.243. The first-order valence-corrected chi connectivity index (χ1v) is 6.62. The van der Waals surface area contributed by atoms with Gasteiger partial charge in [0.2, 0.25) is 0 Å². The van der Waals surface area contributed by atoms with E-state index in [9.17, 15) is 0 Å². The standard InChI is InChI=1S/Co.Ni.3H3O4P.Zr/c;;3*1-5(2,3)4;/h;;3*(H3,1,2,3,4);/q2*+2;;;;+4/p-8. The van der Waals surface area contributed by atoms with E-state index in [1.807, 2.05) is 0 Å². The van der Waals surface area contributed by atoms with Crippen molar-refractivity contribution in [1.82, 2.24) is 0 Å². The summed E-state index contributed by atoms with van der Waals surface area (Å²) in [5, 5.41) is 0. The average molecular weight is 495 g/mol. The topological polar surface area (TPSA) is 256 Å². The van der Waals surface area contributed by atoms with Crippen molar-refractivity contribution in [2.45, 2.75) is 0 Å². The molecular weight excluding hydrogens is 494 g/mol. The molecule has 18 heteroatoms. The summed E-state index contributed by atoms with van der Waals surface area (Å²) in [6, 6.07) is 0. The average Bonchev–Trinajstić information content (AvgIpc) is 1.41. The smallest absolute Gasteiger partial charge is 0.822 e. The summed E-state index contributed by atoms with van der Waals surface area (Å²) < 4.78 is 25.8. The van der Waals surface area contributed by atoms with E-state index < -0.39 is 23.5 Å². The minimum Gasteiger partial charge on any atom is -0.822 e. The minimum absolute atomic E-state index is 0. The van der Waals surface area contributed by atoms with Gasteiger partial charge in [-0.2, -0.15) is 15.6 Å². The third-order valence-electron chi connectivity index (χ3n) is 0. The van der Waals surface area contributed by atoms with E-state index in [0.717, 1.165) is 0 Å². The van der Waals surface area contributed by atoms with Gasteiger partial charge in [0.15, 0.2) is 0 Å². The number of hydrogen-bond donors (Lipinski definition) is 1. The minimum atomic E-state index is -5.39. The third kappa shape index (κ3) is 1100. The van der Waals surface area contributed by atoms with Crippen LogP contribution < -0.4 is 39.1 Å². The summed E-state index contributed by atoms with van der Waals surface area (Å²) in [5.41, 5.74) is 0. The Morgan fingerprint density at radius 1 is 0.667 bits per heavy atom. The molecule has 0 heterocycles. The number of rotatable bonds is 0. The van der Waals surface area contributed by atoms with Crippen molar-refractivity contribution in [3.05, 3.63) is 0 Å². The summed E-state index contributed by atoms with van der Waals surface area (Å²) >= 11 is 0. The van der Waals surface area contributed by atoms with Crippen molar-refractivity contribution in [2.75, 3.05) is 0 Å². The SMILES string of the molecule is O=P([O-])([O-])O.O=P([O-])([O-])[O-].O=P([O-])([O-])[O-].[Co+2].[Ni+2].[Zr+4]. The van der Waals surface area contributed by atoms with Gasteiger partial charge in [0.1, 0.15) is 0 Å². The first-order chi connectivity index (χ1) is 6.00.